The molecule has 1 aliphatic heterocycles. The number of benzene rings is 1. The molecule has 1 fully saturated rings. The van der Waals surface area contributed by atoms with E-state index in [1.54, 1.807) is 6.33 Å². The molecule has 1 aromatic carbocycles. The quantitative estimate of drug-likeness (QED) is 0.402. The Morgan fingerprint density at radius 2 is 1.95 bits per heavy atom. The van der Waals surface area contributed by atoms with E-state index in [2.05, 4.69) is 48.8 Å². The maximum absolute atomic E-state index is 12.5. The average Bonchev–Trinajstić information content (AvgIpc) is 3.55. The van der Waals surface area contributed by atoms with Gasteiger partial charge in [0.1, 0.15) is 6.33 Å². The van der Waals surface area contributed by atoms with Crippen LogP contribution >= 0.6 is 0 Å². The van der Waals surface area contributed by atoms with Gasteiger partial charge in [-0.3, -0.25) is 4.79 Å². The van der Waals surface area contributed by atoms with Crippen LogP contribution in [0, 0.1) is 6.92 Å². The van der Waals surface area contributed by atoms with Crippen molar-refractivity contribution in [2.45, 2.75) is 65.3 Å². The van der Waals surface area contributed by atoms with E-state index in [9.17, 15) is 4.79 Å². The Hall–Kier alpha value is -3.59. The first-order valence-corrected chi connectivity index (χ1v) is 13.0. The fraction of sp³-hybridized carbons (Fsp3) is 0.464. The van der Waals surface area contributed by atoms with E-state index in [-0.39, 0.29) is 17.1 Å². The van der Waals surface area contributed by atoms with Crippen LogP contribution in [0.2, 0.25) is 0 Å². The third kappa shape index (κ3) is 5.72. The molecule has 0 atom stereocenters. The number of hydrogen-bond donors (Lipinski definition) is 1. The molecule has 1 N–H and O–H groups in total. The lowest BCUT2D eigenvalue weighted by molar-refractivity contribution is 0.0937. The second-order valence-electron chi connectivity index (χ2n) is 10.9. The first-order chi connectivity index (χ1) is 17.8. The summed E-state index contributed by atoms with van der Waals surface area (Å²) in [5.41, 5.74) is 5.98. The highest BCUT2D eigenvalue weighted by Gasteiger charge is 2.24. The highest BCUT2D eigenvalue weighted by atomic mass is 16.5. The predicted molar refractivity (Wildman–Crippen MR) is 141 cm³/mol. The van der Waals surface area contributed by atoms with E-state index in [0.717, 1.165) is 40.9 Å². The number of carbonyl (C=O) groups excluding carboxylic acids is 1. The van der Waals surface area contributed by atoms with E-state index >= 15 is 0 Å². The van der Waals surface area contributed by atoms with Gasteiger partial charge in [-0.25, -0.2) is 9.50 Å². The standard InChI is InChI=1S/C28H35N7O2/c1-19-14-21(8-9-22(19)16-29-26(36)25-32-27(37-33-25)28(2,3)4)24-23-15-20(17-35(23)31-18-30-24)10-13-34-11-6-5-7-12-34/h8-9,14-15,17-18H,5-7,10-13,16H2,1-4H3,(H,29,36). The molecule has 0 spiro atoms. The zero-order valence-electron chi connectivity index (χ0n) is 22.1. The summed E-state index contributed by atoms with van der Waals surface area (Å²) in [5, 5.41) is 11.2. The summed E-state index contributed by atoms with van der Waals surface area (Å²) in [6.07, 6.45) is 8.70. The summed E-state index contributed by atoms with van der Waals surface area (Å²) in [5.74, 6) is 0.131. The molecular formula is C28H35N7O2. The number of aromatic nitrogens is 5. The topological polar surface area (TPSA) is 101 Å². The number of aryl methyl sites for hydroxylation is 1. The molecule has 5 rings (SSSR count). The van der Waals surface area contributed by atoms with Crippen molar-refractivity contribution < 1.29 is 9.32 Å². The lowest BCUT2D eigenvalue weighted by atomic mass is 9.97. The van der Waals surface area contributed by atoms with Crippen LogP contribution in [-0.4, -0.2) is 55.2 Å². The largest absolute Gasteiger partial charge is 0.345 e. The minimum Gasteiger partial charge on any atom is -0.345 e. The van der Waals surface area contributed by atoms with E-state index in [4.69, 9.17) is 4.52 Å². The highest BCUT2D eigenvalue weighted by Crippen LogP contribution is 2.26. The number of fused-ring (bicyclic) bond motifs is 1. The van der Waals surface area contributed by atoms with Gasteiger partial charge in [-0.15, -0.1) is 0 Å². The maximum atomic E-state index is 12.5. The van der Waals surface area contributed by atoms with E-state index in [1.807, 2.05) is 44.3 Å². The monoisotopic (exact) mass is 501 g/mol. The first kappa shape index (κ1) is 25.1. The molecule has 1 aliphatic rings. The van der Waals surface area contributed by atoms with Crippen LogP contribution in [0.25, 0.3) is 16.8 Å². The van der Waals surface area contributed by atoms with Gasteiger partial charge in [-0.1, -0.05) is 44.5 Å². The molecule has 194 valence electrons. The van der Waals surface area contributed by atoms with E-state index in [1.165, 1.54) is 37.9 Å². The number of carbonyl (C=O) groups is 1. The van der Waals surface area contributed by atoms with Crippen LogP contribution in [0.3, 0.4) is 0 Å². The molecule has 0 radical (unpaired) electrons. The summed E-state index contributed by atoms with van der Waals surface area (Å²) in [6.45, 7) is 11.8. The number of nitrogens with one attached hydrogen (secondary N) is 1. The van der Waals surface area contributed by atoms with Gasteiger partial charge in [-0.05, 0) is 68.1 Å². The van der Waals surface area contributed by atoms with Gasteiger partial charge in [-0.2, -0.15) is 10.1 Å². The second-order valence-corrected chi connectivity index (χ2v) is 10.9. The Labute approximate surface area is 217 Å². The van der Waals surface area contributed by atoms with Crippen molar-refractivity contribution in [3.63, 3.8) is 0 Å². The Kier molecular flexibility index (Phi) is 7.06. The van der Waals surface area contributed by atoms with E-state index < -0.39 is 0 Å². The molecule has 0 saturated carbocycles. The van der Waals surface area contributed by atoms with Gasteiger partial charge in [0.05, 0.1) is 11.2 Å². The predicted octanol–water partition coefficient (Wildman–Crippen LogP) is 4.34. The molecule has 9 heteroatoms. The number of likely N-dealkylation sites (tertiary alicyclic amines) is 1. The van der Waals surface area contributed by atoms with Gasteiger partial charge in [0.15, 0.2) is 0 Å². The van der Waals surface area contributed by atoms with Crippen molar-refractivity contribution in [1.29, 1.82) is 0 Å². The Morgan fingerprint density at radius 3 is 2.68 bits per heavy atom. The van der Waals surface area contributed by atoms with Crippen LogP contribution in [0.1, 0.15) is 73.2 Å². The van der Waals surface area contributed by atoms with Crippen LogP contribution in [0.5, 0.6) is 0 Å². The third-order valence-electron chi connectivity index (χ3n) is 6.95. The zero-order valence-corrected chi connectivity index (χ0v) is 22.1. The Balaban J connectivity index is 1.27. The summed E-state index contributed by atoms with van der Waals surface area (Å²) in [4.78, 5) is 23.9. The fourth-order valence-corrected chi connectivity index (χ4v) is 4.73. The lowest BCUT2D eigenvalue weighted by Gasteiger charge is -2.26. The number of amides is 1. The summed E-state index contributed by atoms with van der Waals surface area (Å²) < 4.78 is 7.16. The van der Waals surface area contributed by atoms with Gasteiger partial charge in [0, 0.05) is 30.3 Å². The molecule has 1 amide bonds. The molecule has 0 bridgehead atoms. The summed E-state index contributed by atoms with van der Waals surface area (Å²) in [7, 11) is 0. The molecule has 37 heavy (non-hydrogen) atoms. The normalized spacial score (nSPS) is 14.8. The molecule has 9 nitrogen and oxygen atoms in total. The minimum atomic E-state index is -0.356. The SMILES string of the molecule is Cc1cc(-c2ncnn3cc(CCN4CCCCC4)cc23)ccc1CNC(=O)c1noc(C(C)(C)C)n1. The lowest BCUT2D eigenvalue weighted by Crippen LogP contribution is -2.31. The van der Waals surface area contributed by atoms with E-state index in [0.29, 0.717) is 12.4 Å². The molecule has 3 aromatic heterocycles. The van der Waals surface area contributed by atoms with Crippen LogP contribution in [-0.2, 0) is 18.4 Å². The number of piperidine rings is 1. The van der Waals surface area contributed by atoms with Crippen molar-refractivity contribution in [2.24, 2.45) is 0 Å². The number of nitrogens with zero attached hydrogens (tertiary/aromatic N) is 6. The molecule has 1 saturated heterocycles. The summed E-state index contributed by atoms with van der Waals surface area (Å²) >= 11 is 0. The molecule has 4 heterocycles. The van der Waals surface area contributed by atoms with Crippen LogP contribution in [0.4, 0.5) is 0 Å². The van der Waals surface area contributed by atoms with Crippen molar-refractivity contribution in [1.82, 2.24) is 35.0 Å². The zero-order chi connectivity index (χ0) is 26.0. The number of hydrogen-bond acceptors (Lipinski definition) is 7. The van der Waals surface area contributed by atoms with Gasteiger partial charge in [0.2, 0.25) is 5.89 Å². The van der Waals surface area contributed by atoms with Crippen molar-refractivity contribution in [2.75, 3.05) is 19.6 Å². The van der Waals surface area contributed by atoms with Crippen molar-refractivity contribution in [3.05, 3.63) is 65.2 Å². The molecule has 0 aliphatic carbocycles. The van der Waals surface area contributed by atoms with Crippen molar-refractivity contribution in [3.8, 4) is 11.3 Å². The summed E-state index contributed by atoms with van der Waals surface area (Å²) in [6, 6.07) is 8.39. The first-order valence-electron chi connectivity index (χ1n) is 13.0. The fourth-order valence-electron chi connectivity index (χ4n) is 4.73. The van der Waals surface area contributed by atoms with Crippen LogP contribution in [0.15, 0.2) is 41.3 Å². The smallest absolute Gasteiger partial charge is 0.292 e. The number of rotatable bonds is 7. The van der Waals surface area contributed by atoms with Crippen molar-refractivity contribution >= 4 is 11.4 Å². The third-order valence-corrected chi connectivity index (χ3v) is 6.95. The second kappa shape index (κ2) is 10.4. The molecular weight excluding hydrogens is 466 g/mol. The van der Waals surface area contributed by atoms with Crippen LogP contribution < -0.4 is 5.32 Å². The Morgan fingerprint density at radius 1 is 1.14 bits per heavy atom. The molecule has 0 unspecified atom stereocenters. The maximum Gasteiger partial charge on any atom is 0.292 e. The minimum absolute atomic E-state index is 0.0481. The Bertz CT molecular complexity index is 1390. The highest BCUT2D eigenvalue weighted by molar-refractivity contribution is 5.90. The molecule has 4 aromatic rings. The average molecular weight is 502 g/mol. The van der Waals surface area contributed by atoms with Gasteiger partial charge >= 0.3 is 0 Å². The van der Waals surface area contributed by atoms with Gasteiger partial charge < -0.3 is 14.7 Å². The van der Waals surface area contributed by atoms with Gasteiger partial charge in [0.25, 0.3) is 11.7 Å².